The molecular weight excluding hydrogens is 368 g/mol. The number of rotatable bonds is 3. The van der Waals surface area contributed by atoms with Crippen LogP contribution in [0.1, 0.15) is 11.4 Å². The zero-order chi connectivity index (χ0) is 19.1. The highest BCUT2D eigenvalue weighted by Gasteiger charge is 2.23. The van der Waals surface area contributed by atoms with E-state index < -0.39 is 11.2 Å². The highest BCUT2D eigenvalue weighted by atomic mass is 35.5. The lowest BCUT2D eigenvalue weighted by molar-refractivity contribution is -0.914. The molecule has 2 aromatic heterocycles. The number of benzene rings is 1. The van der Waals surface area contributed by atoms with E-state index in [1.807, 2.05) is 18.2 Å². The largest absolute Gasteiger partial charge is 0.360 e. The summed E-state index contributed by atoms with van der Waals surface area (Å²) in [7, 11) is 1.60. The lowest BCUT2D eigenvalue weighted by Crippen LogP contribution is -3.13. The molecule has 0 saturated carbocycles. The minimum absolute atomic E-state index is 0.347. The molecule has 142 valence electrons. The Hall–Kier alpha value is -2.58. The number of imidazole rings is 1. The quantitative estimate of drug-likeness (QED) is 0.579. The number of anilines is 1. The number of nitrogens with one attached hydrogen (secondary N) is 3. The van der Waals surface area contributed by atoms with Crippen molar-refractivity contribution in [3.63, 3.8) is 0 Å². The predicted molar refractivity (Wildman–Crippen MR) is 105 cm³/mol. The number of piperazine rings is 1. The first-order valence-electron chi connectivity index (χ1n) is 8.95. The summed E-state index contributed by atoms with van der Waals surface area (Å²) >= 11 is 6.15. The van der Waals surface area contributed by atoms with Gasteiger partial charge in [0.2, 0.25) is 0 Å². The number of fused-ring (bicyclic) bond motifs is 1. The molecule has 0 unspecified atom stereocenters. The number of nitrogens with zero attached hydrogens (tertiary/aromatic N) is 3. The smallest absolute Gasteiger partial charge is 0.329 e. The van der Waals surface area contributed by atoms with E-state index in [0.29, 0.717) is 17.7 Å². The molecule has 9 heteroatoms. The zero-order valence-corrected chi connectivity index (χ0v) is 16.1. The van der Waals surface area contributed by atoms with E-state index in [0.717, 1.165) is 37.0 Å². The normalized spacial score (nSPS) is 15.6. The fraction of sp³-hybridized carbons (Fsp3) is 0.389. The Balaban J connectivity index is 1.48. The van der Waals surface area contributed by atoms with Crippen molar-refractivity contribution in [2.24, 2.45) is 7.05 Å². The summed E-state index contributed by atoms with van der Waals surface area (Å²) in [5.41, 5.74) is 2.27. The second-order valence-electron chi connectivity index (χ2n) is 7.05. The third kappa shape index (κ3) is 3.38. The highest BCUT2D eigenvalue weighted by Crippen LogP contribution is 2.24. The van der Waals surface area contributed by atoms with Gasteiger partial charge in [-0.05, 0) is 24.6 Å². The summed E-state index contributed by atoms with van der Waals surface area (Å²) in [4.78, 5) is 37.2. The number of aromatic nitrogens is 4. The molecule has 0 radical (unpaired) electrons. The number of quaternary nitrogens is 1. The molecule has 0 amide bonds. The van der Waals surface area contributed by atoms with Gasteiger partial charge in [-0.1, -0.05) is 17.7 Å². The molecule has 8 nitrogen and oxygen atoms in total. The summed E-state index contributed by atoms with van der Waals surface area (Å²) in [5, 5.41) is 0.753. The molecule has 3 heterocycles. The van der Waals surface area contributed by atoms with Crippen molar-refractivity contribution in [1.29, 1.82) is 0 Å². The van der Waals surface area contributed by atoms with Crippen LogP contribution < -0.4 is 21.0 Å². The number of H-pyrrole nitrogens is 2. The van der Waals surface area contributed by atoms with E-state index in [2.05, 4.69) is 26.8 Å². The Morgan fingerprint density at radius 1 is 1.22 bits per heavy atom. The molecular formula is C18H22ClN6O2+. The van der Waals surface area contributed by atoms with Gasteiger partial charge in [0.25, 0.3) is 5.56 Å². The molecule has 0 atom stereocenters. The van der Waals surface area contributed by atoms with Gasteiger partial charge in [0.1, 0.15) is 12.1 Å². The zero-order valence-electron chi connectivity index (χ0n) is 15.3. The molecule has 0 aliphatic carbocycles. The number of hydrogen-bond acceptors (Lipinski definition) is 4. The van der Waals surface area contributed by atoms with Crippen LogP contribution in [0.5, 0.6) is 0 Å². The van der Waals surface area contributed by atoms with Gasteiger partial charge in [-0.15, -0.1) is 0 Å². The fourth-order valence-electron chi connectivity index (χ4n) is 3.64. The summed E-state index contributed by atoms with van der Waals surface area (Å²) in [6.07, 6.45) is 0. The van der Waals surface area contributed by atoms with Crippen LogP contribution in [0.2, 0.25) is 5.02 Å². The third-order valence-electron chi connectivity index (χ3n) is 5.20. The number of hydrogen-bond donors (Lipinski definition) is 3. The first-order chi connectivity index (χ1) is 12.9. The summed E-state index contributed by atoms with van der Waals surface area (Å²) in [6, 6.07) is 5.99. The minimum atomic E-state index is -0.455. The maximum Gasteiger partial charge on any atom is 0.329 e. The summed E-state index contributed by atoms with van der Waals surface area (Å²) in [5.74, 6) is 0.721. The van der Waals surface area contributed by atoms with E-state index in [1.165, 1.54) is 20.7 Å². The van der Waals surface area contributed by atoms with Crippen LogP contribution in [0.4, 0.5) is 5.69 Å². The fourth-order valence-corrected chi connectivity index (χ4v) is 3.80. The second-order valence-corrected chi connectivity index (χ2v) is 7.48. The van der Waals surface area contributed by atoms with Crippen molar-refractivity contribution < 1.29 is 4.90 Å². The van der Waals surface area contributed by atoms with Crippen molar-refractivity contribution in [2.75, 3.05) is 31.1 Å². The molecule has 1 aliphatic heterocycles. The van der Waals surface area contributed by atoms with Crippen molar-refractivity contribution in [3.8, 4) is 0 Å². The second kappa shape index (κ2) is 6.86. The van der Waals surface area contributed by atoms with E-state index >= 15 is 0 Å². The Bertz CT molecular complexity index is 1110. The number of aryl methyl sites for hydroxylation is 2. The highest BCUT2D eigenvalue weighted by molar-refractivity contribution is 6.30. The summed E-state index contributed by atoms with van der Waals surface area (Å²) in [6.45, 7) is 6.55. The predicted octanol–water partition coefficient (Wildman–Crippen LogP) is -0.183. The van der Waals surface area contributed by atoms with E-state index in [9.17, 15) is 9.59 Å². The van der Waals surface area contributed by atoms with E-state index in [-0.39, 0.29) is 0 Å². The van der Waals surface area contributed by atoms with Crippen molar-refractivity contribution in [1.82, 2.24) is 19.5 Å². The Kier molecular flexibility index (Phi) is 4.53. The Morgan fingerprint density at radius 2 is 1.96 bits per heavy atom. The lowest BCUT2D eigenvalue weighted by Gasteiger charge is -2.34. The van der Waals surface area contributed by atoms with Crippen LogP contribution in [-0.2, 0) is 13.6 Å². The molecule has 1 fully saturated rings. The minimum Gasteiger partial charge on any atom is -0.360 e. The first kappa shape index (κ1) is 17.8. The Labute approximate surface area is 160 Å². The van der Waals surface area contributed by atoms with Gasteiger partial charge < -0.3 is 14.8 Å². The molecule has 4 rings (SSSR count). The van der Waals surface area contributed by atoms with Gasteiger partial charge >= 0.3 is 5.69 Å². The van der Waals surface area contributed by atoms with Gasteiger partial charge in [-0.3, -0.25) is 14.3 Å². The molecule has 3 N–H and O–H groups in total. The van der Waals surface area contributed by atoms with Gasteiger partial charge in [0.15, 0.2) is 11.5 Å². The maximum atomic E-state index is 12.0. The van der Waals surface area contributed by atoms with E-state index in [1.54, 1.807) is 7.05 Å². The standard InChI is InChI=1S/C18H21ClN6O2/c1-11-3-4-12(19)9-13(11)25-7-5-24(6-8-25)10-14-20-15-16(21-14)23(2)18(27)22-17(15)26/h3-4,9H,5-8,10H2,1-2H3,(H,20,21)(H,22,26,27)/p+1. The summed E-state index contributed by atoms with van der Waals surface area (Å²) < 4.78 is 1.35. The molecule has 0 bridgehead atoms. The molecule has 3 aromatic rings. The maximum absolute atomic E-state index is 12.0. The van der Waals surface area contributed by atoms with Crippen LogP contribution >= 0.6 is 11.6 Å². The van der Waals surface area contributed by atoms with Crippen molar-refractivity contribution in [3.05, 3.63) is 55.4 Å². The van der Waals surface area contributed by atoms with Crippen molar-refractivity contribution in [2.45, 2.75) is 13.5 Å². The van der Waals surface area contributed by atoms with Crippen LogP contribution in [0, 0.1) is 6.92 Å². The topological polar surface area (TPSA) is 91.2 Å². The number of aromatic amines is 2. The molecule has 27 heavy (non-hydrogen) atoms. The van der Waals surface area contributed by atoms with Crippen LogP contribution in [-0.4, -0.2) is 45.7 Å². The molecule has 0 spiro atoms. The molecule has 1 saturated heterocycles. The van der Waals surface area contributed by atoms with Crippen LogP contribution in [0.3, 0.4) is 0 Å². The van der Waals surface area contributed by atoms with Gasteiger partial charge in [0.05, 0.1) is 26.2 Å². The third-order valence-corrected chi connectivity index (χ3v) is 5.44. The van der Waals surface area contributed by atoms with Crippen LogP contribution in [0.15, 0.2) is 27.8 Å². The average Bonchev–Trinajstić information content (AvgIpc) is 3.07. The van der Waals surface area contributed by atoms with Crippen LogP contribution in [0.25, 0.3) is 11.2 Å². The first-order valence-corrected chi connectivity index (χ1v) is 9.33. The Morgan fingerprint density at radius 3 is 2.70 bits per heavy atom. The molecule has 1 aliphatic rings. The van der Waals surface area contributed by atoms with E-state index in [4.69, 9.17) is 11.6 Å². The monoisotopic (exact) mass is 389 g/mol. The van der Waals surface area contributed by atoms with Crippen molar-refractivity contribution >= 4 is 28.5 Å². The van der Waals surface area contributed by atoms with Gasteiger partial charge in [-0.25, -0.2) is 9.78 Å². The average molecular weight is 390 g/mol. The van der Waals surface area contributed by atoms with Gasteiger partial charge in [-0.2, -0.15) is 0 Å². The number of halogens is 1. The molecule has 1 aromatic carbocycles. The SMILES string of the molecule is Cc1ccc(Cl)cc1N1CC[NH+](Cc2nc3c([nH]2)c(=O)[nH]c(=O)n3C)CC1. The lowest BCUT2D eigenvalue weighted by atomic mass is 10.1. The van der Waals surface area contributed by atoms with Gasteiger partial charge in [0, 0.05) is 17.8 Å².